The molecule has 0 atom stereocenters. The maximum absolute atomic E-state index is 12.8. The van der Waals surface area contributed by atoms with Crippen molar-refractivity contribution in [2.24, 2.45) is 0 Å². The molecule has 178 valence electrons. The molecule has 3 aromatic rings. The summed E-state index contributed by atoms with van der Waals surface area (Å²) in [6.07, 6.45) is 0. The lowest BCUT2D eigenvalue weighted by molar-refractivity contribution is 0.0593. The predicted octanol–water partition coefficient (Wildman–Crippen LogP) is 3.08. The number of anilines is 1. The summed E-state index contributed by atoms with van der Waals surface area (Å²) in [7, 11) is 3.42. The number of methoxy groups -OCH3 is 1. The van der Waals surface area contributed by atoms with Gasteiger partial charge in [-0.25, -0.2) is 9.78 Å². The van der Waals surface area contributed by atoms with Crippen molar-refractivity contribution in [1.82, 2.24) is 14.8 Å². The Morgan fingerprint density at radius 2 is 1.51 bits per heavy atom. The van der Waals surface area contributed by atoms with E-state index in [4.69, 9.17) is 4.74 Å². The van der Waals surface area contributed by atoms with Gasteiger partial charge in [0, 0.05) is 31.9 Å². The normalized spacial score (nSPS) is 15.9. The minimum atomic E-state index is -0.579. The van der Waals surface area contributed by atoms with Crippen LogP contribution in [0.1, 0.15) is 36.9 Å². The second-order valence-electron chi connectivity index (χ2n) is 8.80. The largest absolute Gasteiger partial charge is 0.464 e. The van der Waals surface area contributed by atoms with Crippen LogP contribution in [0, 0.1) is 0 Å². The molecule has 5 rings (SSSR count). The highest BCUT2D eigenvalue weighted by molar-refractivity contribution is 6.21. The Kier molecular flexibility index (Phi) is 6.05. The van der Waals surface area contributed by atoms with Crippen molar-refractivity contribution in [3.63, 3.8) is 0 Å². The molecule has 0 spiro atoms. The van der Waals surface area contributed by atoms with Crippen LogP contribution in [0.4, 0.5) is 5.69 Å². The molecule has 0 radical (unpaired) electrons. The molecule has 0 bridgehead atoms. The lowest BCUT2D eigenvalue weighted by atomic mass is 10.0. The number of carbonyl (C=O) groups is 3. The van der Waals surface area contributed by atoms with Gasteiger partial charge in [-0.05, 0) is 54.6 Å². The zero-order valence-electron chi connectivity index (χ0n) is 19.7. The van der Waals surface area contributed by atoms with Gasteiger partial charge in [-0.3, -0.25) is 14.5 Å². The number of likely N-dealkylation sites (N-methyl/N-ethyl adjacent to an activating group) is 1. The summed E-state index contributed by atoms with van der Waals surface area (Å²) in [5.74, 6) is -1.31. The minimum Gasteiger partial charge on any atom is -0.464 e. The summed E-state index contributed by atoms with van der Waals surface area (Å²) >= 11 is 0. The average molecular weight is 471 g/mol. The van der Waals surface area contributed by atoms with E-state index in [9.17, 15) is 14.4 Å². The smallest absolute Gasteiger partial charge is 0.356 e. The van der Waals surface area contributed by atoms with Gasteiger partial charge in [-0.2, -0.15) is 0 Å². The highest BCUT2D eigenvalue weighted by Crippen LogP contribution is 2.28. The van der Waals surface area contributed by atoms with Crippen LogP contribution in [0.25, 0.3) is 11.1 Å². The Morgan fingerprint density at radius 1 is 0.886 bits per heavy atom. The fourth-order valence-corrected chi connectivity index (χ4v) is 4.52. The van der Waals surface area contributed by atoms with Crippen LogP contribution < -0.4 is 4.90 Å². The molecule has 2 aromatic carbocycles. The van der Waals surface area contributed by atoms with E-state index in [1.165, 1.54) is 7.11 Å². The van der Waals surface area contributed by atoms with Crippen molar-refractivity contribution in [3.05, 3.63) is 83.2 Å². The van der Waals surface area contributed by atoms with Crippen molar-refractivity contribution < 1.29 is 19.1 Å². The first kappa shape index (κ1) is 22.7. The summed E-state index contributed by atoms with van der Waals surface area (Å²) in [6, 6.07) is 18.4. The van der Waals surface area contributed by atoms with E-state index in [1.54, 1.807) is 36.4 Å². The molecule has 35 heavy (non-hydrogen) atoms. The van der Waals surface area contributed by atoms with Gasteiger partial charge < -0.3 is 14.5 Å². The van der Waals surface area contributed by atoms with Crippen LogP contribution in [-0.2, 0) is 11.3 Å². The fourth-order valence-electron chi connectivity index (χ4n) is 4.52. The number of aromatic nitrogens is 1. The number of nitrogens with zero attached hydrogens (tertiary/aromatic N) is 4. The maximum atomic E-state index is 12.8. The van der Waals surface area contributed by atoms with Gasteiger partial charge in [0.25, 0.3) is 11.8 Å². The molecule has 0 N–H and O–H groups in total. The summed E-state index contributed by atoms with van der Waals surface area (Å²) in [4.78, 5) is 48.2. The quantitative estimate of drug-likeness (QED) is 0.419. The topological polar surface area (TPSA) is 83.0 Å². The Hall–Kier alpha value is -4.04. The summed E-state index contributed by atoms with van der Waals surface area (Å²) < 4.78 is 4.89. The number of hydrogen-bond donors (Lipinski definition) is 0. The fraction of sp³-hybridized carbons (Fsp3) is 0.259. The predicted molar refractivity (Wildman–Crippen MR) is 131 cm³/mol. The third-order valence-corrected chi connectivity index (χ3v) is 6.54. The van der Waals surface area contributed by atoms with Gasteiger partial charge in [-0.15, -0.1) is 0 Å². The molecule has 2 amide bonds. The first-order valence-corrected chi connectivity index (χ1v) is 11.5. The number of rotatable bonds is 5. The lowest BCUT2D eigenvalue weighted by Gasteiger charge is -2.34. The number of pyridine rings is 1. The maximum Gasteiger partial charge on any atom is 0.356 e. The molecule has 3 heterocycles. The molecule has 0 aliphatic carbocycles. The number of esters is 1. The van der Waals surface area contributed by atoms with E-state index in [0.29, 0.717) is 16.8 Å². The van der Waals surface area contributed by atoms with Crippen molar-refractivity contribution in [1.29, 1.82) is 0 Å². The Labute approximate surface area is 203 Å². The summed E-state index contributed by atoms with van der Waals surface area (Å²) in [5.41, 5.74) is 4.12. The van der Waals surface area contributed by atoms with Crippen LogP contribution in [0.5, 0.6) is 0 Å². The molecule has 0 unspecified atom stereocenters. The first-order valence-electron chi connectivity index (χ1n) is 11.5. The van der Waals surface area contributed by atoms with Crippen molar-refractivity contribution in [3.8, 4) is 11.1 Å². The molecule has 2 aliphatic heterocycles. The van der Waals surface area contributed by atoms with Crippen LogP contribution in [0.3, 0.4) is 0 Å². The Morgan fingerprint density at radius 3 is 2.11 bits per heavy atom. The molecule has 0 saturated carbocycles. The van der Waals surface area contributed by atoms with Gasteiger partial charge in [0.15, 0.2) is 0 Å². The van der Waals surface area contributed by atoms with Gasteiger partial charge in [0.1, 0.15) is 5.69 Å². The van der Waals surface area contributed by atoms with Crippen molar-refractivity contribution >= 4 is 23.5 Å². The van der Waals surface area contributed by atoms with E-state index in [1.807, 2.05) is 12.1 Å². The molecular weight excluding hydrogens is 444 g/mol. The zero-order valence-corrected chi connectivity index (χ0v) is 19.7. The highest BCUT2D eigenvalue weighted by Gasteiger charge is 2.35. The van der Waals surface area contributed by atoms with E-state index in [-0.39, 0.29) is 24.1 Å². The number of piperazine rings is 1. The van der Waals surface area contributed by atoms with Gasteiger partial charge in [0.2, 0.25) is 0 Å². The number of carbonyl (C=O) groups excluding carboxylic acids is 3. The molecule has 1 aromatic heterocycles. The second kappa shape index (κ2) is 9.31. The van der Waals surface area contributed by atoms with Gasteiger partial charge in [-0.1, -0.05) is 24.3 Å². The Bertz CT molecular complexity index is 1260. The third kappa shape index (κ3) is 4.40. The average Bonchev–Trinajstić information content (AvgIpc) is 3.13. The first-order chi connectivity index (χ1) is 16.9. The number of ether oxygens (including phenoxy) is 1. The number of fused-ring (bicyclic) bond motifs is 1. The summed E-state index contributed by atoms with van der Waals surface area (Å²) in [6.45, 7) is 3.96. The highest BCUT2D eigenvalue weighted by atomic mass is 16.5. The monoisotopic (exact) mass is 470 g/mol. The lowest BCUT2D eigenvalue weighted by Crippen LogP contribution is -2.44. The molecule has 1 saturated heterocycles. The van der Waals surface area contributed by atoms with E-state index >= 15 is 0 Å². The summed E-state index contributed by atoms with van der Waals surface area (Å²) in [5, 5.41) is 0. The van der Waals surface area contributed by atoms with Gasteiger partial charge in [0.05, 0.1) is 30.5 Å². The van der Waals surface area contributed by atoms with E-state index in [2.05, 4.69) is 34.0 Å². The second-order valence-corrected chi connectivity index (χ2v) is 8.80. The minimum absolute atomic E-state index is 0.0381. The third-order valence-electron chi connectivity index (χ3n) is 6.54. The zero-order chi connectivity index (χ0) is 24.5. The van der Waals surface area contributed by atoms with E-state index in [0.717, 1.165) is 47.9 Å². The van der Waals surface area contributed by atoms with E-state index < -0.39 is 5.97 Å². The number of imide groups is 1. The molecule has 8 nitrogen and oxygen atoms in total. The molecule has 1 fully saturated rings. The number of amides is 2. The molecular formula is C27H26N4O4. The SMILES string of the molecule is COC(=O)c1cc(-c2ccc(N3CCN(C)CC3)cc2)cc(CN2C(=O)c3ccccc3C2=O)n1. The van der Waals surface area contributed by atoms with Crippen LogP contribution in [0.2, 0.25) is 0 Å². The van der Waals surface area contributed by atoms with Crippen molar-refractivity contribution in [2.45, 2.75) is 6.54 Å². The molecule has 8 heteroatoms. The van der Waals surface area contributed by atoms with Crippen LogP contribution in [0.15, 0.2) is 60.7 Å². The Balaban J connectivity index is 1.44. The standard InChI is InChI=1S/C27H26N4O4/c1-29-11-13-30(14-12-29)21-9-7-18(8-10-21)19-15-20(28-24(16-19)27(34)35-2)17-31-25(32)22-5-3-4-6-23(22)26(31)33/h3-10,15-16H,11-14,17H2,1-2H3. The van der Waals surface area contributed by atoms with Gasteiger partial charge >= 0.3 is 5.97 Å². The van der Waals surface area contributed by atoms with Crippen LogP contribution >= 0.6 is 0 Å². The van der Waals surface area contributed by atoms with Crippen molar-refractivity contribution in [2.75, 3.05) is 45.2 Å². The number of hydrogen-bond acceptors (Lipinski definition) is 7. The molecule has 2 aliphatic rings. The van der Waals surface area contributed by atoms with Crippen LogP contribution in [-0.4, -0.2) is 72.9 Å². The number of benzene rings is 2.